The Morgan fingerprint density at radius 1 is 1.36 bits per heavy atom. The van der Waals surface area contributed by atoms with Crippen LogP contribution in [0.25, 0.3) is 0 Å². The first kappa shape index (κ1) is 17.9. The molecule has 9 heteroatoms. The van der Waals surface area contributed by atoms with Crippen molar-refractivity contribution in [1.82, 2.24) is 10.6 Å². The van der Waals surface area contributed by atoms with Gasteiger partial charge in [0.05, 0.1) is 11.8 Å². The number of thiocarbonyl (C=S) groups is 1. The summed E-state index contributed by atoms with van der Waals surface area (Å²) in [5.41, 5.74) is 0.704. The molecule has 0 aliphatic heterocycles. The Bertz CT molecular complexity index is 668. The third-order valence-electron chi connectivity index (χ3n) is 2.46. The predicted octanol–water partition coefficient (Wildman–Crippen LogP) is 0.0260. The smallest absolute Gasteiger partial charge is 0.244 e. The Kier molecular flexibility index (Phi) is 6.75. The molecule has 0 aliphatic carbocycles. The molecule has 0 saturated heterocycles. The van der Waals surface area contributed by atoms with Gasteiger partial charge in [0, 0.05) is 11.9 Å². The van der Waals surface area contributed by atoms with Crippen LogP contribution in [0.3, 0.4) is 0 Å². The van der Waals surface area contributed by atoms with Crippen LogP contribution < -0.4 is 16.0 Å². The molecule has 0 fully saturated rings. The molecule has 0 aromatic heterocycles. The Morgan fingerprint density at radius 3 is 2.55 bits per heavy atom. The normalized spacial score (nSPS) is 11.8. The standard InChI is InChI=1S/C13H16N4O3S2/c1-22(19,20)9-11(12(18)15-8-7-14)17-13(21)16-10-5-3-2-4-6-10/h2-6,11H,8-9H2,1H3,(H,15,18)(H2,16,17,21). The lowest BCUT2D eigenvalue weighted by atomic mass is 10.3. The summed E-state index contributed by atoms with van der Waals surface area (Å²) < 4.78 is 22.8. The van der Waals surface area contributed by atoms with Crippen LogP contribution in [0.2, 0.25) is 0 Å². The fourth-order valence-corrected chi connectivity index (χ4v) is 2.68. The topological polar surface area (TPSA) is 111 Å². The predicted molar refractivity (Wildman–Crippen MR) is 87.9 cm³/mol. The number of carbonyl (C=O) groups is 1. The first-order valence-corrected chi connectivity index (χ1v) is 8.73. The molecule has 1 rings (SSSR count). The number of sulfone groups is 1. The van der Waals surface area contributed by atoms with Crippen LogP contribution in [0.4, 0.5) is 5.69 Å². The van der Waals surface area contributed by atoms with E-state index in [0.29, 0.717) is 5.69 Å². The monoisotopic (exact) mass is 340 g/mol. The maximum atomic E-state index is 11.9. The van der Waals surface area contributed by atoms with Crippen LogP contribution in [-0.4, -0.2) is 44.0 Å². The molecule has 0 spiro atoms. The van der Waals surface area contributed by atoms with Crippen molar-refractivity contribution in [3.05, 3.63) is 30.3 Å². The lowest BCUT2D eigenvalue weighted by Gasteiger charge is -2.19. The molecule has 3 N–H and O–H groups in total. The Balaban J connectivity index is 2.73. The second-order valence-corrected chi connectivity index (χ2v) is 7.08. The highest BCUT2D eigenvalue weighted by Gasteiger charge is 2.23. The second-order valence-electron chi connectivity index (χ2n) is 4.49. The first-order chi connectivity index (χ1) is 10.3. The number of nitrogens with one attached hydrogen (secondary N) is 3. The van der Waals surface area contributed by atoms with Crippen molar-refractivity contribution in [1.29, 1.82) is 5.26 Å². The molecule has 0 aliphatic rings. The molecule has 1 amide bonds. The van der Waals surface area contributed by atoms with Gasteiger partial charge in [0.15, 0.2) is 5.11 Å². The molecule has 1 unspecified atom stereocenters. The number of benzene rings is 1. The fourth-order valence-electron chi connectivity index (χ4n) is 1.58. The third-order valence-corrected chi connectivity index (χ3v) is 3.62. The lowest BCUT2D eigenvalue weighted by Crippen LogP contribution is -2.51. The highest BCUT2D eigenvalue weighted by molar-refractivity contribution is 7.90. The van der Waals surface area contributed by atoms with E-state index in [9.17, 15) is 13.2 Å². The van der Waals surface area contributed by atoms with E-state index in [4.69, 9.17) is 17.5 Å². The van der Waals surface area contributed by atoms with Crippen LogP contribution in [-0.2, 0) is 14.6 Å². The number of hydrogen-bond acceptors (Lipinski definition) is 5. The summed E-state index contributed by atoms with van der Waals surface area (Å²) in [6.45, 7) is -0.209. The van der Waals surface area contributed by atoms with Crippen LogP contribution in [0, 0.1) is 11.3 Å². The summed E-state index contributed by atoms with van der Waals surface area (Å²) in [7, 11) is -3.41. The molecule has 0 saturated carbocycles. The minimum atomic E-state index is -3.41. The van der Waals surface area contributed by atoms with E-state index in [1.165, 1.54) is 0 Å². The van der Waals surface area contributed by atoms with Gasteiger partial charge < -0.3 is 16.0 Å². The molecule has 0 radical (unpaired) electrons. The molecular formula is C13H16N4O3S2. The molecular weight excluding hydrogens is 324 g/mol. The van der Waals surface area contributed by atoms with Gasteiger partial charge in [-0.25, -0.2) is 8.42 Å². The number of anilines is 1. The molecule has 0 heterocycles. The molecule has 1 aromatic carbocycles. The van der Waals surface area contributed by atoms with Gasteiger partial charge in [-0.3, -0.25) is 4.79 Å². The first-order valence-electron chi connectivity index (χ1n) is 6.27. The molecule has 7 nitrogen and oxygen atoms in total. The van der Waals surface area contributed by atoms with E-state index >= 15 is 0 Å². The summed E-state index contributed by atoms with van der Waals surface area (Å²) >= 11 is 5.07. The van der Waals surface area contributed by atoms with Gasteiger partial charge in [-0.05, 0) is 24.4 Å². The van der Waals surface area contributed by atoms with Crippen molar-refractivity contribution in [3.63, 3.8) is 0 Å². The molecule has 0 bridgehead atoms. The van der Waals surface area contributed by atoms with E-state index in [-0.39, 0.29) is 11.7 Å². The van der Waals surface area contributed by atoms with Gasteiger partial charge in [-0.1, -0.05) is 18.2 Å². The van der Waals surface area contributed by atoms with Crippen LogP contribution in [0.1, 0.15) is 0 Å². The molecule has 118 valence electrons. The van der Waals surface area contributed by atoms with Crippen molar-refractivity contribution < 1.29 is 13.2 Å². The lowest BCUT2D eigenvalue weighted by molar-refractivity contribution is -0.122. The molecule has 1 atom stereocenters. The summed E-state index contributed by atoms with van der Waals surface area (Å²) in [6.07, 6.45) is 1.02. The zero-order valence-electron chi connectivity index (χ0n) is 11.9. The zero-order valence-corrected chi connectivity index (χ0v) is 13.5. The van der Waals surface area contributed by atoms with Crippen molar-refractivity contribution in [2.24, 2.45) is 0 Å². The van der Waals surface area contributed by atoms with Crippen LogP contribution in [0.5, 0.6) is 0 Å². The number of nitriles is 1. The highest BCUT2D eigenvalue weighted by Crippen LogP contribution is 2.04. The Labute approximate surface area is 134 Å². The fraction of sp³-hybridized carbons (Fsp3) is 0.308. The number of nitrogens with zero attached hydrogens (tertiary/aromatic N) is 1. The van der Waals surface area contributed by atoms with Crippen LogP contribution >= 0.6 is 12.2 Å². The average molecular weight is 340 g/mol. The quantitative estimate of drug-likeness (QED) is 0.495. The SMILES string of the molecule is CS(=O)(=O)CC(NC(=S)Nc1ccccc1)C(=O)NCC#N. The van der Waals surface area contributed by atoms with Crippen LogP contribution in [0.15, 0.2) is 30.3 Å². The average Bonchev–Trinajstić information content (AvgIpc) is 2.43. The highest BCUT2D eigenvalue weighted by atomic mass is 32.2. The summed E-state index contributed by atoms with van der Waals surface area (Å²) in [4.78, 5) is 11.9. The minimum Gasteiger partial charge on any atom is -0.350 e. The molecule has 22 heavy (non-hydrogen) atoms. The number of para-hydroxylation sites is 1. The summed E-state index contributed by atoms with van der Waals surface area (Å²) in [6, 6.07) is 9.67. The van der Waals surface area contributed by atoms with Gasteiger partial charge in [0.1, 0.15) is 22.4 Å². The number of carbonyl (C=O) groups excluding carboxylic acids is 1. The number of amides is 1. The van der Waals surface area contributed by atoms with Gasteiger partial charge in [0.25, 0.3) is 0 Å². The van der Waals surface area contributed by atoms with Gasteiger partial charge in [-0.15, -0.1) is 0 Å². The largest absolute Gasteiger partial charge is 0.350 e. The van der Waals surface area contributed by atoms with Gasteiger partial charge >= 0.3 is 0 Å². The molecule has 1 aromatic rings. The Morgan fingerprint density at radius 2 is 2.00 bits per heavy atom. The number of hydrogen-bond donors (Lipinski definition) is 3. The van der Waals surface area contributed by atoms with Crippen molar-refractivity contribution >= 4 is 38.8 Å². The van der Waals surface area contributed by atoms with Gasteiger partial charge in [0.2, 0.25) is 5.91 Å². The number of rotatable bonds is 6. The minimum absolute atomic E-state index is 0.118. The van der Waals surface area contributed by atoms with E-state index in [0.717, 1.165) is 6.26 Å². The van der Waals surface area contributed by atoms with Crippen molar-refractivity contribution in [2.45, 2.75) is 6.04 Å². The maximum absolute atomic E-state index is 11.9. The van der Waals surface area contributed by atoms with E-state index < -0.39 is 27.5 Å². The summed E-state index contributed by atoms with van der Waals surface area (Å²) in [5, 5.41) is 16.4. The van der Waals surface area contributed by atoms with Crippen molar-refractivity contribution in [2.75, 3.05) is 23.9 Å². The Hall–Kier alpha value is -2.18. The van der Waals surface area contributed by atoms with Gasteiger partial charge in [-0.2, -0.15) is 5.26 Å². The van der Waals surface area contributed by atoms with Crippen molar-refractivity contribution in [3.8, 4) is 6.07 Å². The zero-order chi connectivity index (χ0) is 16.6. The summed E-state index contributed by atoms with van der Waals surface area (Å²) in [5.74, 6) is -1.04. The van der Waals surface area contributed by atoms with E-state index in [1.54, 1.807) is 30.3 Å². The third kappa shape index (κ3) is 7.01. The van der Waals surface area contributed by atoms with E-state index in [2.05, 4.69) is 16.0 Å². The van der Waals surface area contributed by atoms with E-state index in [1.807, 2.05) is 6.07 Å². The maximum Gasteiger partial charge on any atom is 0.244 e. The second kappa shape index (κ2) is 8.31.